The van der Waals surface area contributed by atoms with E-state index in [2.05, 4.69) is 16.9 Å². The van der Waals surface area contributed by atoms with Crippen LogP contribution in [0.25, 0.3) is 0 Å². The van der Waals surface area contributed by atoms with Gasteiger partial charge in [-0.05, 0) is 25.1 Å². The Morgan fingerprint density at radius 2 is 2.22 bits per heavy atom. The number of rotatable bonds is 6. The van der Waals surface area contributed by atoms with Crippen molar-refractivity contribution in [1.82, 2.24) is 10.3 Å². The van der Waals surface area contributed by atoms with Crippen molar-refractivity contribution in [3.8, 4) is 5.75 Å². The molecule has 6 heteroatoms. The zero-order chi connectivity index (χ0) is 16.8. The second-order valence-electron chi connectivity index (χ2n) is 4.90. The number of aryl methyl sites for hydroxylation is 1. The van der Waals surface area contributed by atoms with E-state index in [9.17, 15) is 9.18 Å². The highest BCUT2D eigenvalue weighted by Gasteiger charge is 2.13. The Balaban J connectivity index is 2.08. The van der Waals surface area contributed by atoms with Crippen molar-refractivity contribution in [3.63, 3.8) is 0 Å². The summed E-state index contributed by atoms with van der Waals surface area (Å²) in [4.78, 5) is 16.1. The van der Waals surface area contributed by atoms with E-state index in [0.717, 1.165) is 5.69 Å². The molecule has 1 aromatic heterocycles. The van der Waals surface area contributed by atoms with E-state index >= 15 is 0 Å². The summed E-state index contributed by atoms with van der Waals surface area (Å²) in [5.41, 5.74) is 7.02. The Morgan fingerprint density at radius 3 is 2.91 bits per heavy atom. The zero-order valence-corrected chi connectivity index (χ0v) is 12.8. The number of carbonyl (C=O) groups is 1. The molecule has 23 heavy (non-hydrogen) atoms. The average molecular weight is 315 g/mol. The van der Waals surface area contributed by atoms with Crippen molar-refractivity contribution in [2.24, 2.45) is 0 Å². The van der Waals surface area contributed by atoms with Crippen LogP contribution in [0.15, 0.2) is 43.0 Å². The topological polar surface area (TPSA) is 77.2 Å². The van der Waals surface area contributed by atoms with Crippen molar-refractivity contribution in [1.29, 1.82) is 0 Å². The van der Waals surface area contributed by atoms with Crippen LogP contribution >= 0.6 is 0 Å². The van der Waals surface area contributed by atoms with E-state index in [4.69, 9.17) is 10.5 Å². The van der Waals surface area contributed by atoms with E-state index in [1.54, 1.807) is 31.2 Å². The summed E-state index contributed by atoms with van der Waals surface area (Å²) in [5.74, 6) is -0.657. The van der Waals surface area contributed by atoms with Crippen molar-refractivity contribution in [2.45, 2.75) is 13.5 Å². The Labute approximate surface area is 134 Å². The van der Waals surface area contributed by atoms with Crippen LogP contribution in [0.2, 0.25) is 0 Å². The minimum absolute atomic E-state index is 0.0171. The van der Waals surface area contributed by atoms with Gasteiger partial charge in [0.15, 0.2) is 11.6 Å². The highest BCUT2D eigenvalue weighted by molar-refractivity contribution is 5.98. The van der Waals surface area contributed by atoms with E-state index in [0.29, 0.717) is 5.56 Å². The fraction of sp³-hybridized carbons (Fsp3) is 0.176. The molecule has 0 bridgehead atoms. The van der Waals surface area contributed by atoms with Crippen molar-refractivity contribution < 1.29 is 13.9 Å². The lowest BCUT2D eigenvalue weighted by atomic mass is 10.1. The molecule has 0 atom stereocenters. The van der Waals surface area contributed by atoms with Gasteiger partial charge in [0.2, 0.25) is 0 Å². The van der Waals surface area contributed by atoms with Crippen LogP contribution in [0.1, 0.15) is 21.6 Å². The van der Waals surface area contributed by atoms with Gasteiger partial charge in [-0.15, -0.1) is 0 Å². The second kappa shape index (κ2) is 7.40. The number of nitrogens with two attached hydrogens (primary N) is 1. The maximum absolute atomic E-state index is 14.2. The number of carbonyl (C=O) groups excluding carboxylic acids is 1. The van der Waals surface area contributed by atoms with Gasteiger partial charge in [0, 0.05) is 17.8 Å². The molecule has 2 rings (SSSR count). The number of hydrogen-bond donors (Lipinski definition) is 2. The van der Waals surface area contributed by atoms with Crippen LogP contribution in [0.4, 0.5) is 10.2 Å². The van der Waals surface area contributed by atoms with Crippen LogP contribution in [-0.2, 0) is 6.54 Å². The van der Waals surface area contributed by atoms with E-state index in [1.165, 1.54) is 12.1 Å². The van der Waals surface area contributed by atoms with Crippen LogP contribution in [0.3, 0.4) is 0 Å². The highest BCUT2D eigenvalue weighted by atomic mass is 19.1. The highest BCUT2D eigenvalue weighted by Crippen LogP contribution is 2.20. The number of pyridine rings is 1. The minimum Gasteiger partial charge on any atom is -0.486 e. The number of nitrogens with zero attached hydrogens (tertiary/aromatic N) is 1. The summed E-state index contributed by atoms with van der Waals surface area (Å²) in [6.07, 6.45) is 1.53. The SMILES string of the molecule is C=CCOc1cccc(CNC(=O)c2ccc(C)nc2N)c1F. The molecule has 0 unspecified atom stereocenters. The van der Waals surface area contributed by atoms with Crippen LogP contribution in [0.5, 0.6) is 5.75 Å². The van der Waals surface area contributed by atoms with Crippen LogP contribution in [0, 0.1) is 12.7 Å². The first-order chi connectivity index (χ1) is 11.0. The molecule has 0 aliphatic rings. The Kier molecular flexibility index (Phi) is 5.30. The van der Waals surface area contributed by atoms with Crippen molar-refractivity contribution >= 4 is 11.7 Å². The van der Waals surface area contributed by atoms with E-state index in [-0.39, 0.29) is 30.3 Å². The van der Waals surface area contributed by atoms with Gasteiger partial charge < -0.3 is 15.8 Å². The number of halogens is 1. The number of aromatic nitrogens is 1. The first-order valence-corrected chi connectivity index (χ1v) is 7.05. The normalized spacial score (nSPS) is 10.2. The number of benzene rings is 1. The number of nitrogens with one attached hydrogen (secondary N) is 1. The maximum Gasteiger partial charge on any atom is 0.255 e. The summed E-state index contributed by atoms with van der Waals surface area (Å²) in [7, 11) is 0. The number of anilines is 1. The molecule has 0 aliphatic carbocycles. The Bertz CT molecular complexity index is 732. The summed E-state index contributed by atoms with van der Waals surface area (Å²) in [5, 5.41) is 2.63. The van der Waals surface area contributed by atoms with Gasteiger partial charge in [-0.2, -0.15) is 0 Å². The standard InChI is InChI=1S/C17H18FN3O2/c1-3-9-23-14-6-4-5-12(15(14)18)10-20-17(22)13-8-7-11(2)21-16(13)19/h3-8H,1,9-10H2,2H3,(H2,19,21)(H,20,22). The number of amides is 1. The number of ether oxygens (including phenoxy) is 1. The van der Waals surface area contributed by atoms with Crippen LogP contribution in [-0.4, -0.2) is 17.5 Å². The summed E-state index contributed by atoms with van der Waals surface area (Å²) >= 11 is 0. The van der Waals surface area contributed by atoms with Gasteiger partial charge in [-0.1, -0.05) is 24.8 Å². The first-order valence-electron chi connectivity index (χ1n) is 7.05. The third-order valence-electron chi connectivity index (χ3n) is 3.15. The molecule has 1 aromatic carbocycles. The molecule has 0 radical (unpaired) electrons. The third-order valence-corrected chi connectivity index (χ3v) is 3.15. The minimum atomic E-state index is -0.510. The average Bonchev–Trinajstić information content (AvgIpc) is 2.52. The molecule has 0 spiro atoms. The quantitative estimate of drug-likeness (QED) is 0.803. The predicted molar refractivity (Wildman–Crippen MR) is 86.6 cm³/mol. The summed E-state index contributed by atoms with van der Waals surface area (Å²) in [6.45, 7) is 5.52. The molecular weight excluding hydrogens is 297 g/mol. The lowest BCUT2D eigenvalue weighted by Crippen LogP contribution is -2.24. The molecule has 0 saturated heterocycles. The molecule has 0 fully saturated rings. The zero-order valence-electron chi connectivity index (χ0n) is 12.8. The van der Waals surface area contributed by atoms with Gasteiger partial charge in [0.25, 0.3) is 5.91 Å². The molecule has 120 valence electrons. The largest absolute Gasteiger partial charge is 0.486 e. The third kappa shape index (κ3) is 4.06. The Hall–Kier alpha value is -2.89. The summed E-state index contributed by atoms with van der Waals surface area (Å²) < 4.78 is 19.4. The van der Waals surface area contributed by atoms with Crippen molar-refractivity contribution in [2.75, 3.05) is 12.3 Å². The Morgan fingerprint density at radius 1 is 1.43 bits per heavy atom. The molecule has 0 saturated carbocycles. The second-order valence-corrected chi connectivity index (χ2v) is 4.90. The molecule has 0 aliphatic heterocycles. The monoisotopic (exact) mass is 315 g/mol. The predicted octanol–water partition coefficient (Wildman–Crippen LogP) is 2.61. The molecule has 5 nitrogen and oxygen atoms in total. The summed E-state index contributed by atoms with van der Waals surface area (Å²) in [6, 6.07) is 8.03. The molecule has 2 aromatic rings. The van der Waals surface area contributed by atoms with Gasteiger partial charge in [0.1, 0.15) is 12.4 Å². The van der Waals surface area contributed by atoms with Crippen LogP contribution < -0.4 is 15.8 Å². The maximum atomic E-state index is 14.2. The lowest BCUT2D eigenvalue weighted by molar-refractivity contribution is 0.0951. The number of nitrogen functional groups attached to an aromatic ring is 1. The fourth-order valence-corrected chi connectivity index (χ4v) is 1.99. The fourth-order valence-electron chi connectivity index (χ4n) is 1.99. The molecule has 3 N–H and O–H groups in total. The smallest absolute Gasteiger partial charge is 0.255 e. The van der Waals surface area contributed by atoms with Crippen molar-refractivity contribution in [3.05, 3.63) is 65.6 Å². The van der Waals surface area contributed by atoms with Gasteiger partial charge >= 0.3 is 0 Å². The molecular formula is C17H18FN3O2. The van der Waals surface area contributed by atoms with E-state index in [1.807, 2.05) is 0 Å². The van der Waals surface area contributed by atoms with E-state index < -0.39 is 11.7 Å². The van der Waals surface area contributed by atoms with Gasteiger partial charge in [0.05, 0.1) is 5.56 Å². The number of hydrogen-bond acceptors (Lipinski definition) is 4. The lowest BCUT2D eigenvalue weighted by Gasteiger charge is -2.11. The molecule has 1 amide bonds. The van der Waals surface area contributed by atoms with Gasteiger partial charge in [-0.3, -0.25) is 4.79 Å². The van der Waals surface area contributed by atoms with Gasteiger partial charge in [-0.25, -0.2) is 9.37 Å². The molecule has 1 heterocycles. The first kappa shape index (κ1) is 16.5.